The molecule has 0 saturated heterocycles. The second-order valence-electron chi connectivity index (χ2n) is 4.87. The fourth-order valence-electron chi connectivity index (χ4n) is 2.23. The largest absolute Gasteiger partial charge is 0.235 e. The van der Waals surface area contributed by atoms with Crippen molar-refractivity contribution in [3.63, 3.8) is 0 Å². The molecule has 2 aromatic carbocycles. The zero-order chi connectivity index (χ0) is 16.8. The van der Waals surface area contributed by atoms with Crippen LogP contribution in [0.2, 0.25) is 10.0 Å². The molecule has 9 heteroatoms. The van der Waals surface area contributed by atoms with Gasteiger partial charge in [-0.3, -0.25) is 0 Å². The highest BCUT2D eigenvalue weighted by atomic mass is 35.5. The smallest absolute Gasteiger partial charge is 0.207 e. The van der Waals surface area contributed by atoms with Gasteiger partial charge in [-0.2, -0.15) is 9.61 Å². The molecule has 0 bridgehead atoms. The Hall–Kier alpha value is -2.09. The number of halogens is 4. The molecular formula is C15H6Cl2F2N4S. The van der Waals surface area contributed by atoms with Crippen LogP contribution in [0.25, 0.3) is 26.9 Å². The van der Waals surface area contributed by atoms with E-state index < -0.39 is 11.6 Å². The Morgan fingerprint density at radius 2 is 1.79 bits per heavy atom. The van der Waals surface area contributed by atoms with E-state index in [-0.39, 0.29) is 5.56 Å². The van der Waals surface area contributed by atoms with Gasteiger partial charge in [-0.05, 0) is 36.4 Å². The van der Waals surface area contributed by atoms with E-state index in [1.807, 2.05) is 0 Å². The van der Waals surface area contributed by atoms with Crippen LogP contribution in [-0.4, -0.2) is 19.8 Å². The summed E-state index contributed by atoms with van der Waals surface area (Å²) < 4.78 is 28.8. The summed E-state index contributed by atoms with van der Waals surface area (Å²) in [7, 11) is 0. The van der Waals surface area contributed by atoms with Crippen LogP contribution in [0.4, 0.5) is 8.78 Å². The van der Waals surface area contributed by atoms with Gasteiger partial charge in [0.25, 0.3) is 0 Å². The second-order valence-corrected chi connectivity index (χ2v) is 6.67. The lowest BCUT2D eigenvalue weighted by Gasteiger charge is -2.01. The summed E-state index contributed by atoms with van der Waals surface area (Å²) >= 11 is 13.2. The third kappa shape index (κ3) is 2.54. The van der Waals surface area contributed by atoms with Crippen molar-refractivity contribution < 1.29 is 8.78 Å². The minimum atomic E-state index is -0.563. The van der Waals surface area contributed by atoms with Gasteiger partial charge in [0.2, 0.25) is 4.96 Å². The quantitative estimate of drug-likeness (QED) is 0.484. The van der Waals surface area contributed by atoms with E-state index in [9.17, 15) is 8.78 Å². The minimum Gasteiger partial charge on any atom is -0.207 e. The predicted molar refractivity (Wildman–Crippen MR) is 89.5 cm³/mol. The number of benzene rings is 2. The van der Waals surface area contributed by atoms with Crippen molar-refractivity contribution in [2.45, 2.75) is 0 Å². The highest BCUT2D eigenvalue weighted by molar-refractivity contribution is 7.19. The van der Waals surface area contributed by atoms with Crippen molar-refractivity contribution in [1.82, 2.24) is 19.8 Å². The molecule has 0 N–H and O–H groups in total. The Morgan fingerprint density at radius 3 is 2.58 bits per heavy atom. The molecule has 120 valence electrons. The van der Waals surface area contributed by atoms with Crippen molar-refractivity contribution in [2.24, 2.45) is 0 Å². The lowest BCUT2D eigenvalue weighted by Crippen LogP contribution is -1.93. The maximum atomic E-state index is 13.9. The Morgan fingerprint density at radius 1 is 0.958 bits per heavy atom. The minimum absolute atomic E-state index is 0.0682. The summed E-state index contributed by atoms with van der Waals surface area (Å²) in [5.41, 5.74) is 0.656. The number of hydrogen-bond donors (Lipinski definition) is 0. The summed E-state index contributed by atoms with van der Waals surface area (Å²) in [6.07, 6.45) is 0. The second kappa shape index (κ2) is 5.77. The molecule has 0 fully saturated rings. The maximum Gasteiger partial charge on any atom is 0.235 e. The van der Waals surface area contributed by atoms with Gasteiger partial charge in [-0.25, -0.2) is 8.78 Å². The molecule has 24 heavy (non-hydrogen) atoms. The molecule has 0 radical (unpaired) electrons. The van der Waals surface area contributed by atoms with Crippen LogP contribution in [0.15, 0.2) is 36.4 Å². The highest BCUT2D eigenvalue weighted by Gasteiger charge is 2.18. The van der Waals surface area contributed by atoms with Crippen LogP contribution in [0.3, 0.4) is 0 Å². The monoisotopic (exact) mass is 382 g/mol. The van der Waals surface area contributed by atoms with E-state index in [0.717, 1.165) is 29.5 Å². The van der Waals surface area contributed by atoms with Gasteiger partial charge in [-0.1, -0.05) is 34.5 Å². The molecule has 4 nitrogen and oxygen atoms in total. The van der Waals surface area contributed by atoms with Crippen LogP contribution in [0.5, 0.6) is 0 Å². The molecule has 4 aromatic rings. The van der Waals surface area contributed by atoms with E-state index >= 15 is 0 Å². The van der Waals surface area contributed by atoms with Crippen LogP contribution >= 0.6 is 34.5 Å². The van der Waals surface area contributed by atoms with Gasteiger partial charge in [0.15, 0.2) is 10.8 Å². The number of hydrogen-bond acceptors (Lipinski definition) is 4. The molecular weight excluding hydrogens is 377 g/mol. The van der Waals surface area contributed by atoms with E-state index in [1.54, 1.807) is 18.2 Å². The first kappa shape index (κ1) is 15.4. The number of nitrogens with zero attached hydrogens (tertiary/aromatic N) is 4. The Balaban J connectivity index is 1.89. The fourth-order valence-corrected chi connectivity index (χ4v) is 3.58. The van der Waals surface area contributed by atoms with Crippen LogP contribution in [0, 0.1) is 11.6 Å². The van der Waals surface area contributed by atoms with Crippen LogP contribution in [0.1, 0.15) is 0 Å². The standard InChI is InChI=1S/C15H6Cl2F2N4S/c16-7-1-3-9(11(17)5-7)13-20-21-15-23(13)22-14(24-15)10-6-8(18)2-4-12(10)19/h1-6H. The van der Waals surface area contributed by atoms with Gasteiger partial charge < -0.3 is 0 Å². The molecule has 0 unspecified atom stereocenters. The van der Waals surface area contributed by atoms with E-state index in [0.29, 0.717) is 31.4 Å². The Bertz CT molecular complexity index is 1080. The molecule has 2 heterocycles. The lowest BCUT2D eigenvalue weighted by molar-refractivity contribution is 0.603. The van der Waals surface area contributed by atoms with Crippen molar-refractivity contribution in [1.29, 1.82) is 0 Å². The predicted octanol–water partition coefficient (Wildman–Crippen LogP) is 5.10. The number of rotatable bonds is 2. The van der Waals surface area contributed by atoms with Crippen LogP contribution < -0.4 is 0 Å². The number of fused-ring (bicyclic) bond motifs is 1. The van der Waals surface area contributed by atoms with Gasteiger partial charge in [0.05, 0.1) is 10.6 Å². The van der Waals surface area contributed by atoms with Crippen molar-refractivity contribution in [3.05, 3.63) is 58.1 Å². The molecule has 0 amide bonds. The third-order valence-electron chi connectivity index (χ3n) is 3.32. The lowest BCUT2D eigenvalue weighted by atomic mass is 10.2. The molecule has 0 aliphatic rings. The first-order valence-electron chi connectivity index (χ1n) is 6.66. The Labute approximate surface area is 148 Å². The number of aromatic nitrogens is 4. The average Bonchev–Trinajstić information content (AvgIpc) is 3.11. The molecule has 0 aliphatic heterocycles. The average molecular weight is 383 g/mol. The molecule has 0 aliphatic carbocycles. The zero-order valence-electron chi connectivity index (χ0n) is 11.7. The summed E-state index contributed by atoms with van der Waals surface area (Å²) in [6, 6.07) is 8.16. The summed E-state index contributed by atoms with van der Waals surface area (Å²) in [5.74, 6) is -0.711. The molecule has 0 atom stereocenters. The van der Waals surface area contributed by atoms with Gasteiger partial charge >= 0.3 is 0 Å². The van der Waals surface area contributed by atoms with Crippen molar-refractivity contribution >= 4 is 39.5 Å². The zero-order valence-corrected chi connectivity index (χ0v) is 14.0. The van der Waals surface area contributed by atoms with E-state index in [2.05, 4.69) is 15.3 Å². The molecule has 2 aromatic heterocycles. The van der Waals surface area contributed by atoms with Crippen molar-refractivity contribution in [3.8, 4) is 22.0 Å². The normalized spacial score (nSPS) is 11.3. The van der Waals surface area contributed by atoms with Crippen molar-refractivity contribution in [2.75, 3.05) is 0 Å². The van der Waals surface area contributed by atoms with Crippen LogP contribution in [-0.2, 0) is 0 Å². The summed E-state index contributed by atoms with van der Waals surface area (Å²) in [6.45, 7) is 0. The maximum absolute atomic E-state index is 13.9. The summed E-state index contributed by atoms with van der Waals surface area (Å²) in [4.78, 5) is 0.440. The van der Waals surface area contributed by atoms with E-state index in [4.69, 9.17) is 23.2 Å². The summed E-state index contributed by atoms with van der Waals surface area (Å²) in [5, 5.41) is 13.5. The first-order valence-corrected chi connectivity index (χ1v) is 8.23. The van der Waals surface area contributed by atoms with Gasteiger partial charge in [-0.15, -0.1) is 10.2 Å². The topological polar surface area (TPSA) is 43.1 Å². The molecule has 0 spiro atoms. The fraction of sp³-hybridized carbons (Fsp3) is 0. The molecule has 0 saturated carbocycles. The van der Waals surface area contributed by atoms with Gasteiger partial charge in [0, 0.05) is 10.6 Å². The molecule has 4 rings (SSSR count). The van der Waals surface area contributed by atoms with E-state index in [1.165, 1.54) is 4.52 Å². The highest BCUT2D eigenvalue weighted by Crippen LogP contribution is 2.33. The third-order valence-corrected chi connectivity index (χ3v) is 4.80. The first-order chi connectivity index (χ1) is 11.5. The van der Waals surface area contributed by atoms with Gasteiger partial charge in [0.1, 0.15) is 11.6 Å². The SMILES string of the molecule is Fc1ccc(F)c(-c2nn3c(-c4ccc(Cl)cc4Cl)nnc3s2)c1. The Kier molecular flexibility index (Phi) is 3.71.